The molecule has 0 aromatic carbocycles. The lowest BCUT2D eigenvalue weighted by molar-refractivity contribution is 0.0771. The van der Waals surface area contributed by atoms with Crippen LogP contribution in [0.25, 0.3) is 6.08 Å². The molecule has 88 valence electrons. The predicted molar refractivity (Wildman–Crippen MR) is 70.2 cm³/mol. The summed E-state index contributed by atoms with van der Waals surface area (Å²) in [6.45, 7) is 4.77. The number of ether oxygens (including phenoxy) is 1. The summed E-state index contributed by atoms with van der Waals surface area (Å²) >= 11 is 7.51. The summed E-state index contributed by atoms with van der Waals surface area (Å²) in [6, 6.07) is 4.45. The van der Waals surface area contributed by atoms with Crippen molar-refractivity contribution in [3.63, 3.8) is 0 Å². The minimum atomic E-state index is 0.459. The molecule has 1 unspecified atom stereocenters. The molecule has 1 aliphatic rings. The van der Waals surface area contributed by atoms with E-state index in [1.807, 2.05) is 6.07 Å². The molecule has 2 heterocycles. The van der Waals surface area contributed by atoms with Crippen molar-refractivity contribution in [2.24, 2.45) is 0 Å². The lowest BCUT2D eigenvalue weighted by atomic mass is 10.1. The van der Waals surface area contributed by atoms with Crippen LogP contribution < -0.4 is 5.32 Å². The molecule has 1 N–H and O–H groups in total. The lowest BCUT2D eigenvalue weighted by Crippen LogP contribution is -2.41. The summed E-state index contributed by atoms with van der Waals surface area (Å²) in [4.78, 5) is 1.22. The Hall–Kier alpha value is -0.350. The van der Waals surface area contributed by atoms with Crippen molar-refractivity contribution in [3.05, 3.63) is 26.9 Å². The first-order chi connectivity index (χ1) is 7.74. The molecule has 1 saturated heterocycles. The standard InChI is InChI=1S/C12H16ClNOS/c1-9(6-10-8-15-5-4-14-10)7-11-2-3-12(13)16-11/h2-3,7,10,14H,4-6,8H2,1H3/b9-7-. The van der Waals surface area contributed by atoms with E-state index in [2.05, 4.69) is 24.4 Å². The second-order valence-corrected chi connectivity index (χ2v) is 5.81. The van der Waals surface area contributed by atoms with E-state index in [0.717, 1.165) is 30.5 Å². The van der Waals surface area contributed by atoms with Crippen molar-refractivity contribution in [3.8, 4) is 0 Å². The van der Waals surface area contributed by atoms with Crippen LogP contribution in [0.5, 0.6) is 0 Å². The number of hydrogen-bond acceptors (Lipinski definition) is 3. The average Bonchev–Trinajstić information content (AvgIpc) is 2.65. The van der Waals surface area contributed by atoms with Crippen LogP contribution in [-0.4, -0.2) is 25.8 Å². The Balaban J connectivity index is 1.91. The molecule has 2 nitrogen and oxygen atoms in total. The first kappa shape index (κ1) is 12.1. The van der Waals surface area contributed by atoms with E-state index in [0.29, 0.717) is 6.04 Å². The van der Waals surface area contributed by atoms with Gasteiger partial charge in [0.05, 0.1) is 17.6 Å². The summed E-state index contributed by atoms with van der Waals surface area (Å²) in [7, 11) is 0. The van der Waals surface area contributed by atoms with Gasteiger partial charge >= 0.3 is 0 Å². The highest BCUT2D eigenvalue weighted by Crippen LogP contribution is 2.24. The van der Waals surface area contributed by atoms with Gasteiger partial charge < -0.3 is 10.1 Å². The van der Waals surface area contributed by atoms with Crippen molar-refractivity contribution in [1.29, 1.82) is 0 Å². The number of rotatable bonds is 3. The smallest absolute Gasteiger partial charge is 0.0934 e. The Kier molecular flexibility index (Phi) is 4.41. The number of morpholine rings is 1. The van der Waals surface area contributed by atoms with E-state index in [4.69, 9.17) is 16.3 Å². The Labute approximate surface area is 105 Å². The molecule has 2 rings (SSSR count). The van der Waals surface area contributed by atoms with Gasteiger partial charge in [0, 0.05) is 17.5 Å². The second-order valence-electron chi connectivity index (χ2n) is 4.06. The fourth-order valence-corrected chi connectivity index (χ4v) is 2.93. The maximum atomic E-state index is 5.89. The van der Waals surface area contributed by atoms with E-state index in [-0.39, 0.29) is 0 Å². The molecule has 0 saturated carbocycles. The molecule has 0 radical (unpaired) electrons. The molecule has 1 aromatic rings. The maximum absolute atomic E-state index is 5.89. The molecule has 0 bridgehead atoms. The Morgan fingerprint density at radius 2 is 2.56 bits per heavy atom. The fraction of sp³-hybridized carbons (Fsp3) is 0.500. The van der Waals surface area contributed by atoms with Gasteiger partial charge in [-0.3, -0.25) is 0 Å². The van der Waals surface area contributed by atoms with Crippen LogP contribution in [0.4, 0.5) is 0 Å². The van der Waals surface area contributed by atoms with Crippen molar-refractivity contribution in [2.75, 3.05) is 19.8 Å². The van der Waals surface area contributed by atoms with Gasteiger partial charge in [-0.25, -0.2) is 0 Å². The van der Waals surface area contributed by atoms with Crippen molar-refractivity contribution in [2.45, 2.75) is 19.4 Å². The van der Waals surface area contributed by atoms with Crippen LogP contribution in [0.15, 0.2) is 17.7 Å². The van der Waals surface area contributed by atoms with Crippen LogP contribution >= 0.6 is 22.9 Å². The topological polar surface area (TPSA) is 21.3 Å². The van der Waals surface area contributed by atoms with Crippen LogP contribution in [0.2, 0.25) is 4.34 Å². The predicted octanol–water partition coefficient (Wildman–Crippen LogP) is 3.18. The van der Waals surface area contributed by atoms with Gasteiger partial charge in [-0.05, 0) is 31.6 Å². The minimum Gasteiger partial charge on any atom is -0.379 e. The second kappa shape index (κ2) is 5.82. The highest BCUT2D eigenvalue weighted by atomic mass is 35.5. The molecular formula is C12H16ClNOS. The highest BCUT2D eigenvalue weighted by molar-refractivity contribution is 7.17. The van der Waals surface area contributed by atoms with Gasteiger partial charge in [-0.2, -0.15) is 0 Å². The summed E-state index contributed by atoms with van der Waals surface area (Å²) in [5.74, 6) is 0. The molecule has 0 amide bonds. The third kappa shape index (κ3) is 3.59. The van der Waals surface area contributed by atoms with Crippen LogP contribution in [0.1, 0.15) is 18.2 Å². The number of nitrogens with one attached hydrogen (secondary N) is 1. The SMILES string of the molecule is C/C(=C/c1ccc(Cl)s1)CC1COCCN1. The van der Waals surface area contributed by atoms with E-state index < -0.39 is 0 Å². The molecule has 1 aromatic heterocycles. The lowest BCUT2D eigenvalue weighted by Gasteiger charge is -2.23. The maximum Gasteiger partial charge on any atom is 0.0934 e. The highest BCUT2D eigenvalue weighted by Gasteiger charge is 2.12. The van der Waals surface area contributed by atoms with E-state index in [9.17, 15) is 0 Å². The minimum absolute atomic E-state index is 0.459. The third-order valence-electron chi connectivity index (χ3n) is 2.55. The molecule has 0 aliphatic carbocycles. The van der Waals surface area contributed by atoms with Crippen LogP contribution in [-0.2, 0) is 4.74 Å². The molecule has 1 aliphatic heterocycles. The quantitative estimate of drug-likeness (QED) is 0.898. The van der Waals surface area contributed by atoms with Crippen molar-refractivity contribution < 1.29 is 4.74 Å². The van der Waals surface area contributed by atoms with Crippen molar-refractivity contribution >= 4 is 29.0 Å². The monoisotopic (exact) mass is 257 g/mol. The summed E-state index contributed by atoms with van der Waals surface area (Å²) in [5.41, 5.74) is 1.36. The first-order valence-electron chi connectivity index (χ1n) is 5.47. The van der Waals surface area contributed by atoms with Gasteiger partial charge in [0.2, 0.25) is 0 Å². The molecule has 0 spiro atoms. The number of halogens is 1. The summed E-state index contributed by atoms with van der Waals surface area (Å²) in [6.07, 6.45) is 3.24. The largest absolute Gasteiger partial charge is 0.379 e. The zero-order valence-electron chi connectivity index (χ0n) is 9.33. The third-order valence-corrected chi connectivity index (χ3v) is 3.73. The van der Waals surface area contributed by atoms with E-state index in [1.165, 1.54) is 10.5 Å². The molecule has 1 atom stereocenters. The molecule has 4 heteroatoms. The van der Waals surface area contributed by atoms with E-state index in [1.54, 1.807) is 11.3 Å². The zero-order chi connectivity index (χ0) is 11.4. The number of hydrogen-bond donors (Lipinski definition) is 1. The van der Waals surface area contributed by atoms with Gasteiger partial charge in [0.25, 0.3) is 0 Å². The van der Waals surface area contributed by atoms with Gasteiger partial charge in [0.1, 0.15) is 0 Å². The average molecular weight is 258 g/mol. The molecule has 1 fully saturated rings. The zero-order valence-corrected chi connectivity index (χ0v) is 10.9. The molecule has 16 heavy (non-hydrogen) atoms. The number of thiophene rings is 1. The van der Waals surface area contributed by atoms with Crippen LogP contribution in [0, 0.1) is 0 Å². The van der Waals surface area contributed by atoms with E-state index >= 15 is 0 Å². The summed E-state index contributed by atoms with van der Waals surface area (Å²) < 4.78 is 6.27. The fourth-order valence-electron chi connectivity index (χ4n) is 1.85. The Morgan fingerprint density at radius 3 is 3.19 bits per heavy atom. The Morgan fingerprint density at radius 1 is 1.69 bits per heavy atom. The van der Waals surface area contributed by atoms with Gasteiger partial charge in [-0.1, -0.05) is 17.2 Å². The Bertz CT molecular complexity index is 369. The van der Waals surface area contributed by atoms with Crippen LogP contribution in [0.3, 0.4) is 0 Å². The molecular weight excluding hydrogens is 242 g/mol. The van der Waals surface area contributed by atoms with Gasteiger partial charge in [0.15, 0.2) is 0 Å². The van der Waals surface area contributed by atoms with Gasteiger partial charge in [-0.15, -0.1) is 11.3 Å². The normalized spacial score (nSPS) is 22.4. The first-order valence-corrected chi connectivity index (χ1v) is 6.67. The van der Waals surface area contributed by atoms with Crippen molar-refractivity contribution in [1.82, 2.24) is 5.32 Å². The summed E-state index contributed by atoms with van der Waals surface area (Å²) in [5, 5.41) is 3.45.